The number of amides is 4. The second-order valence-electron chi connectivity index (χ2n) is 5.39. The molecule has 0 atom stereocenters. The molecule has 5 nitrogen and oxygen atoms in total. The lowest BCUT2D eigenvalue weighted by Gasteiger charge is -2.44. The minimum atomic E-state index is -1.09. The lowest BCUT2D eigenvalue weighted by atomic mass is 9.66. The molecule has 1 aliphatic carbocycles. The number of rotatable bonds is 1. The molecule has 1 saturated heterocycles. The van der Waals surface area contributed by atoms with Crippen molar-refractivity contribution in [2.24, 2.45) is 5.41 Å². The van der Waals surface area contributed by atoms with Gasteiger partial charge in [0, 0.05) is 9.50 Å². The van der Waals surface area contributed by atoms with Crippen LogP contribution in [0.15, 0.2) is 16.6 Å². The number of halogens is 2. The molecule has 1 aliphatic heterocycles. The van der Waals surface area contributed by atoms with Crippen LogP contribution in [0, 0.1) is 12.3 Å². The second-order valence-corrected chi connectivity index (χ2v) is 6.65. The molecule has 1 saturated carbocycles. The molecule has 0 unspecified atom stereocenters. The first-order valence-electron chi connectivity index (χ1n) is 6.52. The number of hydrogen-bond acceptors (Lipinski definition) is 3. The molecule has 2 aliphatic rings. The summed E-state index contributed by atoms with van der Waals surface area (Å²) in [5, 5.41) is 2.73. The van der Waals surface area contributed by atoms with Crippen LogP contribution in [-0.2, 0) is 9.59 Å². The summed E-state index contributed by atoms with van der Waals surface area (Å²) in [4.78, 5) is 37.8. The van der Waals surface area contributed by atoms with Crippen molar-refractivity contribution >= 4 is 51.1 Å². The van der Waals surface area contributed by atoms with E-state index in [1.54, 1.807) is 12.1 Å². The second kappa shape index (κ2) is 4.81. The van der Waals surface area contributed by atoms with Crippen molar-refractivity contribution in [2.75, 3.05) is 4.90 Å². The highest BCUT2D eigenvalue weighted by molar-refractivity contribution is 9.10. The van der Waals surface area contributed by atoms with E-state index in [0.717, 1.165) is 16.9 Å². The summed E-state index contributed by atoms with van der Waals surface area (Å²) in [7, 11) is 0. The van der Waals surface area contributed by atoms with Crippen molar-refractivity contribution in [3.05, 3.63) is 27.2 Å². The van der Waals surface area contributed by atoms with E-state index in [2.05, 4.69) is 21.2 Å². The molecule has 1 heterocycles. The zero-order valence-electron chi connectivity index (χ0n) is 11.2. The van der Waals surface area contributed by atoms with Crippen LogP contribution in [0.1, 0.15) is 24.8 Å². The molecular weight excluding hydrogens is 360 g/mol. The fourth-order valence-electron chi connectivity index (χ4n) is 2.67. The molecular formula is C14H12BrClN2O3. The summed E-state index contributed by atoms with van der Waals surface area (Å²) in [5.41, 5.74) is 0.0866. The summed E-state index contributed by atoms with van der Waals surface area (Å²) in [6.07, 6.45) is 1.74. The molecule has 1 spiro atoms. The number of anilines is 1. The minimum absolute atomic E-state index is 0.354. The van der Waals surface area contributed by atoms with Crippen molar-refractivity contribution in [3.63, 3.8) is 0 Å². The number of carbonyl (C=O) groups excluding carboxylic acids is 3. The Labute approximate surface area is 134 Å². The maximum Gasteiger partial charge on any atom is 0.335 e. The van der Waals surface area contributed by atoms with E-state index in [0.29, 0.717) is 28.0 Å². The Balaban J connectivity index is 2.09. The Bertz CT molecular complexity index is 685. The van der Waals surface area contributed by atoms with Crippen LogP contribution in [0.5, 0.6) is 0 Å². The first-order chi connectivity index (χ1) is 9.86. The van der Waals surface area contributed by atoms with Gasteiger partial charge >= 0.3 is 6.03 Å². The molecule has 1 aromatic rings. The van der Waals surface area contributed by atoms with Gasteiger partial charge in [0.1, 0.15) is 5.41 Å². The average molecular weight is 372 g/mol. The van der Waals surface area contributed by atoms with Crippen molar-refractivity contribution < 1.29 is 14.4 Å². The summed E-state index contributed by atoms with van der Waals surface area (Å²) in [6.45, 7) is 1.83. The molecule has 7 heteroatoms. The summed E-state index contributed by atoms with van der Waals surface area (Å²) >= 11 is 9.44. The number of carbonyl (C=O) groups is 3. The van der Waals surface area contributed by atoms with Crippen LogP contribution < -0.4 is 10.2 Å². The van der Waals surface area contributed by atoms with Crippen LogP contribution >= 0.6 is 27.5 Å². The maximum absolute atomic E-state index is 12.7. The Kier molecular flexibility index (Phi) is 3.33. The third-order valence-corrected chi connectivity index (χ3v) is 5.19. The Hall–Kier alpha value is -1.40. The number of benzene rings is 1. The predicted molar refractivity (Wildman–Crippen MR) is 81.2 cm³/mol. The Morgan fingerprint density at radius 2 is 1.95 bits per heavy atom. The normalized spacial score (nSPS) is 20.5. The topological polar surface area (TPSA) is 66.5 Å². The first-order valence-corrected chi connectivity index (χ1v) is 7.69. The van der Waals surface area contributed by atoms with E-state index in [1.165, 1.54) is 0 Å². The fraction of sp³-hybridized carbons (Fsp3) is 0.357. The Morgan fingerprint density at radius 1 is 1.29 bits per heavy atom. The summed E-state index contributed by atoms with van der Waals surface area (Å²) < 4.78 is 0.580. The smallest absolute Gasteiger partial charge is 0.276 e. The summed E-state index contributed by atoms with van der Waals surface area (Å²) in [5.74, 6) is -0.961. The number of hydrogen-bond donors (Lipinski definition) is 1. The van der Waals surface area contributed by atoms with Crippen molar-refractivity contribution in [3.8, 4) is 0 Å². The zero-order valence-corrected chi connectivity index (χ0v) is 13.5. The molecule has 21 heavy (non-hydrogen) atoms. The van der Waals surface area contributed by atoms with E-state index in [1.807, 2.05) is 6.92 Å². The van der Waals surface area contributed by atoms with Crippen LogP contribution in [0.4, 0.5) is 10.5 Å². The molecule has 0 radical (unpaired) electrons. The van der Waals surface area contributed by atoms with Crippen molar-refractivity contribution in [1.29, 1.82) is 0 Å². The van der Waals surface area contributed by atoms with Crippen molar-refractivity contribution in [2.45, 2.75) is 26.2 Å². The van der Waals surface area contributed by atoms with E-state index in [9.17, 15) is 14.4 Å². The highest BCUT2D eigenvalue weighted by Gasteiger charge is 2.57. The van der Waals surface area contributed by atoms with Gasteiger partial charge in [0.05, 0.1) is 5.69 Å². The molecule has 110 valence electrons. The standard InChI is InChI=1S/C14H12BrClN2O3/c1-7-5-8(15)10(6-9(7)16)18-12(20)14(3-2-4-14)11(19)17-13(18)21/h5-6H,2-4H2,1H3,(H,17,19,21). The van der Waals surface area contributed by atoms with E-state index < -0.39 is 23.3 Å². The number of nitrogens with one attached hydrogen (secondary N) is 1. The van der Waals surface area contributed by atoms with Crippen LogP contribution in [0.2, 0.25) is 5.02 Å². The molecule has 2 fully saturated rings. The van der Waals surface area contributed by atoms with Crippen LogP contribution in [0.3, 0.4) is 0 Å². The lowest BCUT2D eigenvalue weighted by Crippen LogP contribution is -2.66. The number of aryl methyl sites for hydroxylation is 1. The van der Waals surface area contributed by atoms with Gasteiger partial charge in [0.2, 0.25) is 5.91 Å². The van der Waals surface area contributed by atoms with E-state index >= 15 is 0 Å². The van der Waals surface area contributed by atoms with Crippen LogP contribution in [0.25, 0.3) is 0 Å². The summed E-state index contributed by atoms with van der Waals surface area (Å²) in [6, 6.07) is 2.56. The van der Waals surface area contributed by atoms with Gasteiger partial charge in [-0.2, -0.15) is 0 Å². The fourth-order valence-corrected chi connectivity index (χ4v) is 3.47. The molecule has 1 aromatic carbocycles. The molecule has 3 rings (SSSR count). The van der Waals surface area contributed by atoms with Gasteiger partial charge < -0.3 is 0 Å². The minimum Gasteiger partial charge on any atom is -0.276 e. The third-order valence-electron chi connectivity index (χ3n) is 4.15. The lowest BCUT2D eigenvalue weighted by molar-refractivity contribution is -0.148. The molecule has 0 aromatic heterocycles. The highest BCUT2D eigenvalue weighted by Crippen LogP contribution is 2.46. The predicted octanol–water partition coefficient (Wildman–Crippen LogP) is 3.16. The van der Waals surface area contributed by atoms with Gasteiger partial charge in [-0.1, -0.05) is 18.0 Å². The van der Waals surface area contributed by atoms with Gasteiger partial charge in [-0.05, 0) is 53.4 Å². The van der Waals surface area contributed by atoms with Gasteiger partial charge in [-0.3, -0.25) is 14.9 Å². The average Bonchev–Trinajstić information content (AvgIpc) is 2.33. The van der Waals surface area contributed by atoms with Gasteiger partial charge in [0.25, 0.3) is 5.91 Å². The highest BCUT2D eigenvalue weighted by atomic mass is 79.9. The van der Waals surface area contributed by atoms with E-state index in [4.69, 9.17) is 11.6 Å². The number of urea groups is 1. The number of barbiturate groups is 1. The largest absolute Gasteiger partial charge is 0.335 e. The molecule has 4 amide bonds. The molecule has 1 N–H and O–H groups in total. The first kappa shape index (κ1) is 14.5. The van der Waals surface area contributed by atoms with Crippen LogP contribution in [-0.4, -0.2) is 17.8 Å². The Morgan fingerprint density at radius 3 is 2.52 bits per heavy atom. The quantitative estimate of drug-likeness (QED) is 0.771. The molecule has 0 bridgehead atoms. The number of nitrogens with zero attached hydrogens (tertiary/aromatic N) is 1. The van der Waals surface area contributed by atoms with E-state index in [-0.39, 0.29) is 0 Å². The van der Waals surface area contributed by atoms with Crippen molar-refractivity contribution in [1.82, 2.24) is 5.32 Å². The van der Waals surface area contributed by atoms with Gasteiger partial charge in [-0.15, -0.1) is 0 Å². The maximum atomic E-state index is 12.7. The SMILES string of the molecule is Cc1cc(Br)c(N2C(=O)NC(=O)C3(CCC3)C2=O)cc1Cl. The number of imide groups is 2. The monoisotopic (exact) mass is 370 g/mol. The zero-order chi connectivity index (χ0) is 15.4. The third kappa shape index (κ3) is 2.00. The van der Waals surface area contributed by atoms with Gasteiger partial charge in [-0.25, -0.2) is 9.69 Å². The van der Waals surface area contributed by atoms with Gasteiger partial charge in [0.15, 0.2) is 0 Å².